The Hall–Kier alpha value is -2.11. The van der Waals surface area contributed by atoms with Gasteiger partial charge in [-0.25, -0.2) is 9.18 Å². The monoisotopic (exact) mass is 254 g/mol. The standard InChI is InChI=1S/C12H15FN2O3/c1-3-18-12(17)14-7-11(16)15-10-6-9(13)5-4-8(10)2/h4-6H,3,7H2,1-2H3,(H,14,17)(H,15,16). The Morgan fingerprint density at radius 1 is 1.39 bits per heavy atom. The summed E-state index contributed by atoms with van der Waals surface area (Å²) >= 11 is 0. The summed E-state index contributed by atoms with van der Waals surface area (Å²) in [4.78, 5) is 22.4. The number of nitrogens with one attached hydrogen (secondary N) is 2. The summed E-state index contributed by atoms with van der Waals surface area (Å²) in [5.74, 6) is -0.883. The second kappa shape index (κ2) is 6.58. The van der Waals surface area contributed by atoms with Crippen LogP contribution in [0.3, 0.4) is 0 Å². The number of halogens is 1. The molecule has 6 heteroatoms. The van der Waals surface area contributed by atoms with Gasteiger partial charge < -0.3 is 15.4 Å². The van der Waals surface area contributed by atoms with Crippen LogP contribution in [0.15, 0.2) is 18.2 Å². The fourth-order valence-electron chi connectivity index (χ4n) is 1.26. The van der Waals surface area contributed by atoms with Gasteiger partial charge in [0.05, 0.1) is 6.61 Å². The Bertz CT molecular complexity index is 449. The number of rotatable bonds is 4. The Labute approximate surface area is 104 Å². The molecule has 0 unspecified atom stereocenters. The Kier molecular flexibility index (Phi) is 5.10. The topological polar surface area (TPSA) is 67.4 Å². The molecule has 2 amide bonds. The Morgan fingerprint density at radius 3 is 2.78 bits per heavy atom. The van der Waals surface area contributed by atoms with Crippen LogP contribution in [-0.2, 0) is 9.53 Å². The van der Waals surface area contributed by atoms with Crippen molar-refractivity contribution in [3.63, 3.8) is 0 Å². The number of ether oxygens (including phenoxy) is 1. The van der Waals surface area contributed by atoms with Crippen molar-refractivity contribution in [2.45, 2.75) is 13.8 Å². The second-order valence-corrected chi connectivity index (χ2v) is 3.58. The van der Waals surface area contributed by atoms with E-state index in [9.17, 15) is 14.0 Å². The van der Waals surface area contributed by atoms with E-state index in [-0.39, 0.29) is 13.2 Å². The van der Waals surface area contributed by atoms with E-state index in [1.807, 2.05) is 0 Å². The minimum absolute atomic E-state index is 0.227. The first-order chi connectivity index (χ1) is 8.52. The number of amides is 2. The summed E-state index contributed by atoms with van der Waals surface area (Å²) in [5.41, 5.74) is 1.12. The molecule has 0 spiro atoms. The first-order valence-electron chi connectivity index (χ1n) is 5.49. The van der Waals surface area contributed by atoms with Gasteiger partial charge in [-0.05, 0) is 31.5 Å². The van der Waals surface area contributed by atoms with E-state index in [0.29, 0.717) is 5.69 Å². The van der Waals surface area contributed by atoms with Crippen molar-refractivity contribution in [2.75, 3.05) is 18.5 Å². The smallest absolute Gasteiger partial charge is 0.407 e. The molecule has 5 nitrogen and oxygen atoms in total. The minimum Gasteiger partial charge on any atom is -0.450 e. The molecular weight excluding hydrogens is 239 g/mol. The van der Waals surface area contributed by atoms with Gasteiger partial charge in [0.2, 0.25) is 5.91 Å². The molecule has 18 heavy (non-hydrogen) atoms. The number of carbonyl (C=O) groups excluding carboxylic acids is 2. The van der Waals surface area contributed by atoms with E-state index in [2.05, 4.69) is 15.4 Å². The van der Waals surface area contributed by atoms with E-state index in [1.54, 1.807) is 19.9 Å². The molecule has 0 aliphatic heterocycles. The van der Waals surface area contributed by atoms with Crippen LogP contribution in [0.1, 0.15) is 12.5 Å². The molecule has 0 radical (unpaired) electrons. The van der Waals surface area contributed by atoms with Crippen molar-refractivity contribution in [1.29, 1.82) is 0 Å². The third-order valence-electron chi connectivity index (χ3n) is 2.14. The first-order valence-corrected chi connectivity index (χ1v) is 5.49. The highest BCUT2D eigenvalue weighted by molar-refractivity contribution is 5.94. The minimum atomic E-state index is -0.663. The van der Waals surface area contributed by atoms with Gasteiger partial charge in [0, 0.05) is 5.69 Å². The van der Waals surface area contributed by atoms with Gasteiger partial charge in [0.15, 0.2) is 0 Å². The van der Waals surface area contributed by atoms with Crippen molar-refractivity contribution in [2.24, 2.45) is 0 Å². The highest BCUT2D eigenvalue weighted by atomic mass is 19.1. The molecule has 1 aromatic carbocycles. The van der Waals surface area contributed by atoms with Gasteiger partial charge >= 0.3 is 6.09 Å². The number of carbonyl (C=O) groups is 2. The molecule has 0 heterocycles. The lowest BCUT2D eigenvalue weighted by atomic mass is 10.2. The molecule has 0 aliphatic rings. The maximum absolute atomic E-state index is 13.0. The van der Waals surface area contributed by atoms with Crippen LogP contribution in [-0.4, -0.2) is 25.2 Å². The van der Waals surface area contributed by atoms with Crippen LogP contribution in [0, 0.1) is 12.7 Å². The number of alkyl carbamates (subject to hydrolysis) is 1. The zero-order valence-electron chi connectivity index (χ0n) is 10.2. The largest absolute Gasteiger partial charge is 0.450 e. The predicted molar refractivity (Wildman–Crippen MR) is 64.8 cm³/mol. The van der Waals surface area contributed by atoms with Gasteiger partial charge in [0.1, 0.15) is 12.4 Å². The van der Waals surface area contributed by atoms with Gasteiger partial charge in [-0.2, -0.15) is 0 Å². The van der Waals surface area contributed by atoms with E-state index in [0.717, 1.165) is 5.56 Å². The van der Waals surface area contributed by atoms with Crippen molar-refractivity contribution >= 4 is 17.7 Å². The van der Waals surface area contributed by atoms with Crippen molar-refractivity contribution in [1.82, 2.24) is 5.32 Å². The lowest BCUT2D eigenvalue weighted by Crippen LogP contribution is -2.33. The highest BCUT2D eigenvalue weighted by Crippen LogP contribution is 2.15. The molecule has 98 valence electrons. The van der Waals surface area contributed by atoms with Crippen LogP contribution in [0.4, 0.5) is 14.9 Å². The molecule has 1 aromatic rings. The summed E-state index contributed by atoms with van der Waals surface area (Å²) < 4.78 is 17.6. The third kappa shape index (κ3) is 4.40. The molecular formula is C12H15FN2O3. The third-order valence-corrected chi connectivity index (χ3v) is 2.14. The molecule has 0 atom stereocenters. The van der Waals surface area contributed by atoms with Crippen LogP contribution in [0.25, 0.3) is 0 Å². The summed E-state index contributed by atoms with van der Waals surface area (Å²) in [6.45, 7) is 3.41. The number of hydrogen-bond donors (Lipinski definition) is 2. The molecule has 0 fully saturated rings. The summed E-state index contributed by atoms with van der Waals surface area (Å²) in [6, 6.07) is 4.09. The maximum Gasteiger partial charge on any atom is 0.407 e. The lowest BCUT2D eigenvalue weighted by molar-refractivity contribution is -0.115. The summed E-state index contributed by atoms with van der Waals surface area (Å²) in [5, 5.41) is 4.77. The maximum atomic E-state index is 13.0. The summed E-state index contributed by atoms with van der Waals surface area (Å²) in [6.07, 6.45) is -0.663. The quantitative estimate of drug-likeness (QED) is 0.861. The summed E-state index contributed by atoms with van der Waals surface area (Å²) in [7, 11) is 0. The number of benzene rings is 1. The van der Waals surface area contributed by atoms with E-state index in [1.165, 1.54) is 12.1 Å². The molecule has 2 N–H and O–H groups in total. The predicted octanol–water partition coefficient (Wildman–Crippen LogP) is 1.82. The SMILES string of the molecule is CCOC(=O)NCC(=O)Nc1cc(F)ccc1C. The molecule has 0 saturated heterocycles. The van der Waals surface area contributed by atoms with Crippen molar-refractivity contribution in [3.05, 3.63) is 29.6 Å². The zero-order valence-corrected chi connectivity index (χ0v) is 10.2. The molecule has 0 bridgehead atoms. The zero-order chi connectivity index (χ0) is 13.5. The molecule has 0 aliphatic carbocycles. The van der Waals surface area contributed by atoms with Gasteiger partial charge in [0.25, 0.3) is 0 Å². The van der Waals surface area contributed by atoms with Crippen molar-refractivity contribution in [3.8, 4) is 0 Å². The van der Waals surface area contributed by atoms with Gasteiger partial charge in [-0.15, -0.1) is 0 Å². The lowest BCUT2D eigenvalue weighted by Gasteiger charge is -2.09. The fourth-order valence-corrected chi connectivity index (χ4v) is 1.26. The highest BCUT2D eigenvalue weighted by Gasteiger charge is 2.08. The van der Waals surface area contributed by atoms with E-state index in [4.69, 9.17) is 0 Å². The second-order valence-electron chi connectivity index (χ2n) is 3.58. The van der Waals surface area contributed by atoms with Gasteiger partial charge in [-0.3, -0.25) is 4.79 Å². The van der Waals surface area contributed by atoms with E-state index < -0.39 is 17.8 Å². The molecule has 0 aromatic heterocycles. The van der Waals surface area contributed by atoms with Crippen LogP contribution >= 0.6 is 0 Å². The Balaban J connectivity index is 2.49. The normalized spacial score (nSPS) is 9.72. The molecule has 0 saturated carbocycles. The average Bonchev–Trinajstić information content (AvgIpc) is 2.32. The van der Waals surface area contributed by atoms with Crippen molar-refractivity contribution < 1.29 is 18.7 Å². The Morgan fingerprint density at radius 2 is 2.11 bits per heavy atom. The van der Waals surface area contributed by atoms with Crippen LogP contribution < -0.4 is 10.6 Å². The molecule has 1 rings (SSSR count). The van der Waals surface area contributed by atoms with Crippen LogP contribution in [0.5, 0.6) is 0 Å². The van der Waals surface area contributed by atoms with Gasteiger partial charge in [-0.1, -0.05) is 6.07 Å². The van der Waals surface area contributed by atoms with Crippen LogP contribution in [0.2, 0.25) is 0 Å². The van der Waals surface area contributed by atoms with E-state index >= 15 is 0 Å². The number of anilines is 1. The average molecular weight is 254 g/mol. The number of aryl methyl sites for hydroxylation is 1. The fraction of sp³-hybridized carbons (Fsp3) is 0.333. The number of hydrogen-bond acceptors (Lipinski definition) is 3. The first kappa shape index (κ1) is 14.0.